The molecule has 4 atom stereocenters. The normalized spacial score (nSPS) is 16.8. The van der Waals surface area contributed by atoms with Crippen molar-refractivity contribution >= 4 is 35.6 Å². The van der Waals surface area contributed by atoms with Crippen molar-refractivity contribution < 1.29 is 52.0 Å². The molecule has 1 heterocycles. The molecule has 56 heavy (non-hydrogen) atoms. The van der Waals surface area contributed by atoms with E-state index in [1.807, 2.05) is 42.5 Å². The first kappa shape index (κ1) is 44.0. The van der Waals surface area contributed by atoms with Gasteiger partial charge in [-0.1, -0.05) is 55.3 Å². The zero-order chi connectivity index (χ0) is 41.2. The summed E-state index contributed by atoms with van der Waals surface area (Å²) in [5.74, 6) is -3.13. The van der Waals surface area contributed by atoms with Gasteiger partial charge < -0.3 is 33.5 Å². The number of carbonyl (C=O) groups excluding carboxylic acids is 5. The average Bonchev–Trinajstić information content (AvgIpc) is 3.98. The zero-order valence-electron chi connectivity index (χ0n) is 34.0. The molecular formula is C42H58FN3O10. The standard InChI is InChI=1S/C42H58FN3O10/c1-28(37(48)53-27-31-12-10-9-11-13-31)54-38(49)33(24-29-14-15-29)44(7)36(47)35(25-30-16-18-32(19-17-30)46-20-22-52-23-21-46)55-39(50)34(26-42(5,6)43)45(8)40(51)56-41(2,3)4/h9-13,16-19,28-29,33-35H,14-15,20-27H2,1-8H3/t28-,33+,34+,35?/m1/s1. The van der Waals surface area contributed by atoms with Crippen LogP contribution < -0.4 is 4.90 Å². The monoisotopic (exact) mass is 783 g/mol. The molecule has 0 bridgehead atoms. The minimum atomic E-state index is -1.91. The van der Waals surface area contributed by atoms with Crippen molar-refractivity contribution in [3.8, 4) is 0 Å². The Labute approximate surface area is 329 Å². The zero-order valence-corrected chi connectivity index (χ0v) is 34.0. The Balaban J connectivity index is 1.58. The lowest BCUT2D eigenvalue weighted by molar-refractivity contribution is -0.174. The van der Waals surface area contributed by atoms with Crippen LogP contribution in [-0.2, 0) is 55.9 Å². The highest BCUT2D eigenvalue weighted by molar-refractivity contribution is 5.90. The number of hydrogen-bond donors (Lipinski definition) is 0. The third kappa shape index (κ3) is 13.8. The average molecular weight is 784 g/mol. The van der Waals surface area contributed by atoms with Crippen LogP contribution in [0.15, 0.2) is 54.6 Å². The van der Waals surface area contributed by atoms with E-state index in [9.17, 15) is 24.0 Å². The molecule has 1 unspecified atom stereocenters. The number of likely N-dealkylation sites (N-methyl/N-ethyl adjacent to an activating group) is 2. The summed E-state index contributed by atoms with van der Waals surface area (Å²) in [6.45, 7) is 11.6. The van der Waals surface area contributed by atoms with E-state index >= 15 is 4.39 Å². The minimum absolute atomic E-state index is 0.00434. The third-order valence-electron chi connectivity index (χ3n) is 9.56. The molecule has 0 aromatic heterocycles. The molecule has 2 fully saturated rings. The van der Waals surface area contributed by atoms with Crippen molar-refractivity contribution in [2.75, 3.05) is 45.3 Å². The summed E-state index contributed by atoms with van der Waals surface area (Å²) in [6.07, 6.45) is -2.18. The molecule has 2 aliphatic rings. The van der Waals surface area contributed by atoms with Crippen molar-refractivity contribution in [3.63, 3.8) is 0 Å². The van der Waals surface area contributed by atoms with Gasteiger partial charge in [-0.25, -0.2) is 23.6 Å². The van der Waals surface area contributed by atoms with Crippen molar-refractivity contribution in [2.24, 2.45) is 5.92 Å². The van der Waals surface area contributed by atoms with E-state index in [0.29, 0.717) is 18.8 Å². The van der Waals surface area contributed by atoms with Gasteiger partial charge in [0.15, 0.2) is 12.2 Å². The molecule has 308 valence electrons. The number of hydrogen-bond acceptors (Lipinski definition) is 11. The fraction of sp³-hybridized carbons (Fsp3) is 0.595. The molecule has 2 amide bonds. The van der Waals surface area contributed by atoms with Gasteiger partial charge in [0.1, 0.15) is 30.0 Å². The quantitative estimate of drug-likeness (QED) is 0.145. The van der Waals surface area contributed by atoms with Gasteiger partial charge in [-0.05, 0) is 77.1 Å². The van der Waals surface area contributed by atoms with Crippen molar-refractivity contribution in [1.82, 2.24) is 9.80 Å². The maximum atomic E-state index is 15.2. The van der Waals surface area contributed by atoms with E-state index in [4.69, 9.17) is 23.7 Å². The molecule has 2 aromatic carbocycles. The fourth-order valence-electron chi connectivity index (χ4n) is 6.19. The number of ether oxygens (including phenoxy) is 5. The highest BCUT2D eigenvalue weighted by atomic mass is 19.1. The highest BCUT2D eigenvalue weighted by Gasteiger charge is 2.42. The second-order valence-corrected chi connectivity index (χ2v) is 16.2. The number of alkyl halides is 1. The van der Waals surface area contributed by atoms with Crippen LogP contribution in [0.1, 0.15) is 78.4 Å². The molecular weight excluding hydrogens is 725 g/mol. The molecule has 1 saturated carbocycles. The fourth-order valence-corrected chi connectivity index (χ4v) is 6.19. The third-order valence-corrected chi connectivity index (χ3v) is 9.56. The molecule has 0 radical (unpaired) electrons. The van der Waals surface area contributed by atoms with Crippen LogP contribution in [-0.4, -0.2) is 116 Å². The van der Waals surface area contributed by atoms with E-state index in [1.165, 1.54) is 39.8 Å². The molecule has 1 aliphatic carbocycles. The maximum Gasteiger partial charge on any atom is 0.410 e. The summed E-state index contributed by atoms with van der Waals surface area (Å²) in [6, 6.07) is 14.0. The highest BCUT2D eigenvalue weighted by Crippen LogP contribution is 2.35. The Hall–Kier alpha value is -4.72. The summed E-state index contributed by atoms with van der Waals surface area (Å²) >= 11 is 0. The van der Waals surface area contributed by atoms with Gasteiger partial charge in [-0.3, -0.25) is 9.69 Å². The van der Waals surface area contributed by atoms with E-state index in [2.05, 4.69) is 4.90 Å². The molecule has 0 spiro atoms. The van der Waals surface area contributed by atoms with Crippen LogP contribution in [0.5, 0.6) is 0 Å². The van der Waals surface area contributed by atoms with Gasteiger partial charge in [-0.2, -0.15) is 0 Å². The minimum Gasteiger partial charge on any atom is -0.458 e. The SMILES string of the molecule is C[C@@H](OC(=O)[C@H](CC1CC1)N(C)C(=O)C(Cc1ccc(N2CCOCC2)cc1)OC(=O)[C@H](CC(C)(C)F)N(C)C(=O)OC(C)(C)C)C(=O)OCc1ccccc1. The number of halogens is 1. The van der Waals surface area contributed by atoms with Gasteiger partial charge in [0.2, 0.25) is 0 Å². The lowest BCUT2D eigenvalue weighted by Gasteiger charge is -2.34. The summed E-state index contributed by atoms with van der Waals surface area (Å²) in [5, 5.41) is 0. The summed E-state index contributed by atoms with van der Waals surface area (Å²) in [4.78, 5) is 72.5. The second kappa shape index (κ2) is 19.4. The Bertz CT molecular complexity index is 1630. The van der Waals surface area contributed by atoms with E-state index in [-0.39, 0.29) is 25.4 Å². The molecule has 2 aromatic rings. The van der Waals surface area contributed by atoms with Crippen molar-refractivity contribution in [3.05, 3.63) is 65.7 Å². The first-order valence-electron chi connectivity index (χ1n) is 19.3. The van der Waals surface area contributed by atoms with Crippen LogP contribution in [0, 0.1) is 5.92 Å². The Kier molecular flexibility index (Phi) is 15.3. The Morgan fingerprint density at radius 3 is 2.00 bits per heavy atom. The largest absolute Gasteiger partial charge is 0.458 e. The molecule has 1 saturated heterocycles. The van der Waals surface area contributed by atoms with Crippen LogP contribution in [0.3, 0.4) is 0 Å². The second-order valence-electron chi connectivity index (χ2n) is 16.2. The van der Waals surface area contributed by atoms with Crippen LogP contribution in [0.4, 0.5) is 14.9 Å². The lowest BCUT2D eigenvalue weighted by atomic mass is 9.99. The first-order valence-corrected chi connectivity index (χ1v) is 19.3. The van der Waals surface area contributed by atoms with E-state index < -0.39 is 71.9 Å². The van der Waals surface area contributed by atoms with Gasteiger partial charge >= 0.3 is 24.0 Å². The van der Waals surface area contributed by atoms with E-state index in [1.54, 1.807) is 32.9 Å². The van der Waals surface area contributed by atoms with Crippen LogP contribution in [0.2, 0.25) is 0 Å². The number of anilines is 1. The lowest BCUT2D eigenvalue weighted by Crippen LogP contribution is -2.52. The molecule has 0 N–H and O–H groups in total. The number of carbonyl (C=O) groups is 5. The number of morpholine rings is 1. The predicted octanol–water partition coefficient (Wildman–Crippen LogP) is 5.65. The number of rotatable bonds is 17. The van der Waals surface area contributed by atoms with Crippen molar-refractivity contribution in [1.29, 1.82) is 0 Å². The van der Waals surface area contributed by atoms with Crippen LogP contribution in [0.25, 0.3) is 0 Å². The molecule has 14 heteroatoms. The number of esters is 3. The molecule has 13 nitrogen and oxygen atoms in total. The van der Waals surface area contributed by atoms with Crippen molar-refractivity contribution in [2.45, 2.75) is 116 Å². The van der Waals surface area contributed by atoms with Gasteiger partial charge in [0, 0.05) is 45.7 Å². The molecule has 1 aliphatic heterocycles. The number of nitrogens with zero attached hydrogens (tertiary/aromatic N) is 3. The number of benzene rings is 2. The van der Waals surface area contributed by atoms with E-state index in [0.717, 1.165) is 42.1 Å². The summed E-state index contributed by atoms with van der Waals surface area (Å²) in [5.41, 5.74) is -0.436. The topological polar surface area (TPSA) is 141 Å². The van der Waals surface area contributed by atoms with Gasteiger partial charge in [0.05, 0.1) is 13.2 Å². The first-order chi connectivity index (χ1) is 26.3. The summed E-state index contributed by atoms with van der Waals surface area (Å²) < 4.78 is 43.0. The van der Waals surface area contributed by atoms with Crippen LogP contribution >= 0.6 is 0 Å². The van der Waals surface area contributed by atoms with Gasteiger partial charge in [-0.15, -0.1) is 0 Å². The Morgan fingerprint density at radius 1 is 0.821 bits per heavy atom. The smallest absolute Gasteiger partial charge is 0.410 e. The molecule has 4 rings (SSSR count). The maximum absolute atomic E-state index is 15.2. The predicted molar refractivity (Wildman–Crippen MR) is 206 cm³/mol. The van der Waals surface area contributed by atoms with Gasteiger partial charge in [0.25, 0.3) is 5.91 Å². The summed E-state index contributed by atoms with van der Waals surface area (Å²) in [7, 11) is 2.74. The Morgan fingerprint density at radius 2 is 1.43 bits per heavy atom. The number of amides is 2.